The number of ether oxygens (including phenoxy) is 2. The van der Waals surface area contributed by atoms with Crippen LogP contribution in [0.2, 0.25) is 0 Å². The van der Waals surface area contributed by atoms with Crippen molar-refractivity contribution in [2.24, 2.45) is 5.92 Å². The van der Waals surface area contributed by atoms with Crippen molar-refractivity contribution in [1.82, 2.24) is 4.90 Å². The molecule has 1 saturated heterocycles. The van der Waals surface area contributed by atoms with Gasteiger partial charge in [0.25, 0.3) is 5.91 Å². The van der Waals surface area contributed by atoms with Crippen LogP contribution in [-0.2, 0) is 4.79 Å². The van der Waals surface area contributed by atoms with Gasteiger partial charge in [-0.2, -0.15) is 0 Å². The smallest absolute Gasteiger partial charge is 0.254 e. The van der Waals surface area contributed by atoms with E-state index in [1.54, 1.807) is 30.2 Å². The Morgan fingerprint density at radius 1 is 1.14 bits per heavy atom. The lowest BCUT2D eigenvalue weighted by molar-refractivity contribution is -0.121. The van der Waals surface area contributed by atoms with E-state index >= 15 is 0 Å². The molecule has 2 aromatic rings. The summed E-state index contributed by atoms with van der Waals surface area (Å²) in [4.78, 5) is 27.3. The molecule has 0 spiro atoms. The molecule has 1 fully saturated rings. The van der Waals surface area contributed by atoms with Crippen LogP contribution >= 0.6 is 0 Å². The Labute approximate surface area is 165 Å². The number of likely N-dealkylation sites (tertiary alicyclic amines) is 1. The van der Waals surface area contributed by atoms with Gasteiger partial charge in [-0.15, -0.1) is 0 Å². The zero-order chi connectivity index (χ0) is 19.9. The van der Waals surface area contributed by atoms with Gasteiger partial charge in [0.2, 0.25) is 5.91 Å². The fourth-order valence-corrected chi connectivity index (χ4v) is 3.40. The van der Waals surface area contributed by atoms with Crippen molar-refractivity contribution in [3.8, 4) is 11.5 Å². The molecule has 1 aliphatic rings. The molecule has 28 heavy (non-hydrogen) atoms. The Hall–Kier alpha value is -3.02. The van der Waals surface area contributed by atoms with Crippen LogP contribution in [0.25, 0.3) is 0 Å². The molecule has 6 nitrogen and oxygen atoms in total. The van der Waals surface area contributed by atoms with Crippen LogP contribution in [-0.4, -0.2) is 43.5 Å². The Kier molecular flexibility index (Phi) is 6.53. The number of anilines is 1. The highest BCUT2D eigenvalue weighted by molar-refractivity contribution is 5.96. The van der Waals surface area contributed by atoms with Crippen molar-refractivity contribution in [3.63, 3.8) is 0 Å². The van der Waals surface area contributed by atoms with Gasteiger partial charge in [0.1, 0.15) is 0 Å². The van der Waals surface area contributed by atoms with Crippen molar-refractivity contribution in [3.05, 3.63) is 54.1 Å². The molecule has 0 saturated carbocycles. The van der Waals surface area contributed by atoms with Gasteiger partial charge in [0, 0.05) is 24.3 Å². The summed E-state index contributed by atoms with van der Waals surface area (Å²) in [7, 11) is 1.57. The number of nitrogens with zero attached hydrogens (tertiary/aromatic N) is 1. The predicted octanol–water partition coefficient (Wildman–Crippen LogP) is 3.58. The van der Waals surface area contributed by atoms with Crippen LogP contribution in [0.1, 0.15) is 30.1 Å². The molecule has 1 heterocycles. The molecule has 0 bridgehead atoms. The summed E-state index contributed by atoms with van der Waals surface area (Å²) in [6, 6.07) is 14.6. The maximum atomic E-state index is 13.0. The highest BCUT2D eigenvalue weighted by Gasteiger charge is 2.29. The van der Waals surface area contributed by atoms with E-state index in [4.69, 9.17) is 9.47 Å². The van der Waals surface area contributed by atoms with Gasteiger partial charge in [-0.1, -0.05) is 18.2 Å². The Balaban J connectivity index is 1.69. The van der Waals surface area contributed by atoms with Gasteiger partial charge in [0.15, 0.2) is 11.5 Å². The van der Waals surface area contributed by atoms with Crippen LogP contribution < -0.4 is 14.8 Å². The number of amides is 2. The lowest BCUT2D eigenvalue weighted by Crippen LogP contribution is -2.43. The first kappa shape index (κ1) is 19.7. The summed E-state index contributed by atoms with van der Waals surface area (Å²) in [5.74, 6) is 0.778. The maximum Gasteiger partial charge on any atom is 0.254 e. The van der Waals surface area contributed by atoms with Crippen LogP contribution in [0.5, 0.6) is 11.5 Å². The third-order valence-corrected chi connectivity index (χ3v) is 4.83. The molecular formula is C22H26N2O4. The second kappa shape index (κ2) is 9.26. The van der Waals surface area contributed by atoms with Gasteiger partial charge in [-0.3, -0.25) is 9.59 Å². The number of hydrogen-bond donors (Lipinski definition) is 1. The molecule has 0 radical (unpaired) electrons. The summed E-state index contributed by atoms with van der Waals surface area (Å²) in [5, 5.41) is 2.94. The highest BCUT2D eigenvalue weighted by Crippen LogP contribution is 2.29. The zero-order valence-electron chi connectivity index (χ0n) is 16.3. The average Bonchev–Trinajstić information content (AvgIpc) is 2.74. The molecule has 3 rings (SSSR count). The molecule has 148 valence electrons. The van der Waals surface area contributed by atoms with Crippen molar-refractivity contribution < 1.29 is 19.1 Å². The highest BCUT2D eigenvalue weighted by atomic mass is 16.5. The minimum atomic E-state index is -0.220. The lowest BCUT2D eigenvalue weighted by Gasteiger charge is -2.32. The molecule has 2 aromatic carbocycles. The number of rotatable bonds is 6. The Bertz CT molecular complexity index is 823. The van der Waals surface area contributed by atoms with Crippen molar-refractivity contribution >= 4 is 17.5 Å². The van der Waals surface area contributed by atoms with Crippen LogP contribution in [0.4, 0.5) is 5.69 Å². The van der Waals surface area contributed by atoms with Gasteiger partial charge >= 0.3 is 0 Å². The van der Waals surface area contributed by atoms with E-state index in [0.717, 1.165) is 18.5 Å². The normalized spacial score (nSPS) is 16.4. The topological polar surface area (TPSA) is 67.9 Å². The number of piperidine rings is 1. The van der Waals surface area contributed by atoms with Crippen molar-refractivity contribution in [2.75, 3.05) is 32.1 Å². The number of nitrogens with one attached hydrogen (secondary N) is 1. The van der Waals surface area contributed by atoms with E-state index in [1.165, 1.54) is 0 Å². The first-order chi connectivity index (χ1) is 13.6. The number of carbonyl (C=O) groups excluding carboxylic acids is 2. The predicted molar refractivity (Wildman–Crippen MR) is 108 cm³/mol. The van der Waals surface area contributed by atoms with Gasteiger partial charge in [0.05, 0.1) is 19.6 Å². The molecule has 0 aliphatic carbocycles. The summed E-state index contributed by atoms with van der Waals surface area (Å²) >= 11 is 0. The van der Waals surface area contributed by atoms with Gasteiger partial charge in [-0.25, -0.2) is 0 Å². The van der Waals surface area contributed by atoms with Crippen molar-refractivity contribution in [2.45, 2.75) is 19.8 Å². The van der Waals surface area contributed by atoms with E-state index in [-0.39, 0.29) is 17.7 Å². The third-order valence-electron chi connectivity index (χ3n) is 4.83. The molecule has 1 N–H and O–H groups in total. The SMILES string of the molecule is CCOc1cc(C(=O)N2CCCC(C(=O)Nc3ccccc3)C2)ccc1OC. The first-order valence-corrected chi connectivity index (χ1v) is 9.58. The molecule has 1 aliphatic heterocycles. The second-order valence-electron chi connectivity index (χ2n) is 6.74. The number of carbonyl (C=O) groups is 2. The fraction of sp³-hybridized carbons (Fsp3) is 0.364. The number of methoxy groups -OCH3 is 1. The van der Waals surface area contributed by atoms with Gasteiger partial charge in [-0.05, 0) is 50.1 Å². The van der Waals surface area contributed by atoms with Crippen LogP contribution in [0, 0.1) is 5.92 Å². The molecule has 6 heteroatoms. The number of para-hydroxylation sites is 1. The minimum absolute atomic E-state index is 0.0477. The Morgan fingerprint density at radius 3 is 2.64 bits per heavy atom. The van der Waals surface area contributed by atoms with E-state index in [2.05, 4.69) is 5.32 Å². The summed E-state index contributed by atoms with van der Waals surface area (Å²) in [6.45, 7) is 3.42. The Morgan fingerprint density at radius 2 is 1.93 bits per heavy atom. The van der Waals surface area contributed by atoms with Gasteiger partial charge < -0.3 is 19.7 Å². The number of benzene rings is 2. The second-order valence-corrected chi connectivity index (χ2v) is 6.74. The quantitative estimate of drug-likeness (QED) is 0.829. The standard InChI is InChI=1S/C22H26N2O4/c1-3-28-20-14-16(11-12-19(20)27-2)22(26)24-13-7-8-17(15-24)21(25)23-18-9-5-4-6-10-18/h4-6,9-12,14,17H,3,7-8,13,15H2,1-2H3,(H,23,25). The van der Waals surface area contributed by atoms with E-state index < -0.39 is 0 Å². The largest absolute Gasteiger partial charge is 0.493 e. The fourth-order valence-electron chi connectivity index (χ4n) is 3.40. The maximum absolute atomic E-state index is 13.0. The average molecular weight is 382 g/mol. The molecule has 1 unspecified atom stereocenters. The van der Waals surface area contributed by atoms with Crippen LogP contribution in [0.15, 0.2) is 48.5 Å². The minimum Gasteiger partial charge on any atom is -0.493 e. The number of hydrogen-bond acceptors (Lipinski definition) is 4. The van der Waals surface area contributed by atoms with Crippen LogP contribution in [0.3, 0.4) is 0 Å². The molecular weight excluding hydrogens is 356 g/mol. The molecule has 2 amide bonds. The summed E-state index contributed by atoms with van der Waals surface area (Å²) < 4.78 is 10.9. The molecule has 1 atom stereocenters. The lowest BCUT2D eigenvalue weighted by atomic mass is 9.96. The van der Waals surface area contributed by atoms with E-state index in [1.807, 2.05) is 37.3 Å². The molecule has 0 aromatic heterocycles. The summed E-state index contributed by atoms with van der Waals surface area (Å²) in [6.07, 6.45) is 1.57. The zero-order valence-corrected chi connectivity index (χ0v) is 16.3. The van der Waals surface area contributed by atoms with Crippen molar-refractivity contribution in [1.29, 1.82) is 0 Å². The summed E-state index contributed by atoms with van der Waals surface area (Å²) in [5.41, 5.74) is 1.31. The first-order valence-electron chi connectivity index (χ1n) is 9.58. The third kappa shape index (κ3) is 4.63. The van der Waals surface area contributed by atoms with E-state index in [9.17, 15) is 9.59 Å². The monoisotopic (exact) mass is 382 g/mol. The van der Waals surface area contributed by atoms with E-state index in [0.29, 0.717) is 36.8 Å².